The number of ether oxygens (including phenoxy) is 1. The zero-order valence-electron chi connectivity index (χ0n) is 12.6. The van der Waals surface area contributed by atoms with Crippen LogP contribution in [0.4, 0.5) is 0 Å². The monoisotopic (exact) mass is 265 g/mol. The molecule has 1 aliphatic rings. The van der Waals surface area contributed by atoms with Gasteiger partial charge in [0.15, 0.2) is 0 Å². The van der Waals surface area contributed by atoms with Gasteiger partial charge in [0.25, 0.3) is 0 Å². The molecule has 1 aromatic rings. The van der Waals surface area contributed by atoms with E-state index >= 15 is 0 Å². The van der Waals surface area contributed by atoms with E-state index in [0.717, 1.165) is 19.5 Å². The van der Waals surface area contributed by atoms with Crippen LogP contribution in [0.5, 0.6) is 0 Å². The first-order chi connectivity index (χ1) is 8.95. The van der Waals surface area contributed by atoms with Crippen molar-refractivity contribution in [2.75, 3.05) is 13.7 Å². The van der Waals surface area contributed by atoms with Gasteiger partial charge in [-0.2, -0.15) is 5.10 Å². The molecule has 0 unspecified atom stereocenters. The highest BCUT2D eigenvalue weighted by Gasteiger charge is 2.43. The van der Waals surface area contributed by atoms with E-state index in [1.54, 1.807) is 7.11 Å². The average Bonchev–Trinajstić information content (AvgIpc) is 2.92. The Morgan fingerprint density at radius 3 is 2.74 bits per heavy atom. The molecule has 0 radical (unpaired) electrons. The summed E-state index contributed by atoms with van der Waals surface area (Å²) in [6.07, 6.45) is 7.55. The molecule has 0 aliphatic heterocycles. The first-order valence-corrected chi connectivity index (χ1v) is 7.21. The highest BCUT2D eigenvalue weighted by molar-refractivity contribution is 4.96. The topological polar surface area (TPSA) is 39.1 Å². The molecule has 1 fully saturated rings. The quantitative estimate of drug-likeness (QED) is 0.785. The maximum absolute atomic E-state index is 5.49. The lowest BCUT2D eigenvalue weighted by atomic mass is 9.99. The second kappa shape index (κ2) is 5.63. The van der Waals surface area contributed by atoms with Crippen LogP contribution in [0.1, 0.15) is 40.0 Å². The normalized spacial score (nSPS) is 19.4. The largest absolute Gasteiger partial charge is 0.379 e. The molecule has 0 bridgehead atoms. The highest BCUT2D eigenvalue weighted by atomic mass is 16.5. The van der Waals surface area contributed by atoms with Crippen molar-refractivity contribution in [2.45, 2.75) is 58.2 Å². The molecule has 108 valence electrons. The second-order valence-electron chi connectivity index (χ2n) is 6.65. The van der Waals surface area contributed by atoms with Crippen LogP contribution in [-0.4, -0.2) is 35.1 Å². The Labute approximate surface area is 116 Å². The van der Waals surface area contributed by atoms with Crippen molar-refractivity contribution in [3.05, 3.63) is 18.5 Å². The third-order valence-corrected chi connectivity index (χ3v) is 4.19. The summed E-state index contributed by atoms with van der Waals surface area (Å²) >= 11 is 0. The van der Waals surface area contributed by atoms with E-state index in [4.69, 9.17) is 4.74 Å². The predicted molar refractivity (Wildman–Crippen MR) is 77.1 cm³/mol. The fourth-order valence-electron chi connectivity index (χ4n) is 2.59. The van der Waals surface area contributed by atoms with Gasteiger partial charge in [0.05, 0.1) is 5.60 Å². The van der Waals surface area contributed by atoms with Crippen molar-refractivity contribution in [2.24, 2.45) is 5.41 Å². The lowest BCUT2D eigenvalue weighted by Crippen LogP contribution is -2.39. The number of methoxy groups -OCH3 is 1. The van der Waals surface area contributed by atoms with Gasteiger partial charge in [-0.3, -0.25) is 4.68 Å². The lowest BCUT2D eigenvalue weighted by Gasteiger charge is -2.28. The maximum atomic E-state index is 5.49. The van der Waals surface area contributed by atoms with E-state index in [0.29, 0.717) is 11.5 Å². The van der Waals surface area contributed by atoms with Gasteiger partial charge >= 0.3 is 0 Å². The van der Waals surface area contributed by atoms with Crippen LogP contribution >= 0.6 is 0 Å². The zero-order chi connectivity index (χ0) is 13.9. The molecule has 1 N–H and O–H groups in total. The fourth-order valence-corrected chi connectivity index (χ4v) is 2.59. The van der Waals surface area contributed by atoms with E-state index in [2.05, 4.69) is 42.1 Å². The van der Waals surface area contributed by atoms with E-state index in [-0.39, 0.29) is 5.60 Å². The standard InChI is InChI=1S/C15H27N3O/c1-13(10-14(2,3)19-4)16-11-15(6-7-15)12-18-9-5-8-17-18/h5,8-9,13,16H,6-7,10-12H2,1-4H3/t13-/m0/s1. The van der Waals surface area contributed by atoms with E-state index < -0.39 is 0 Å². The third kappa shape index (κ3) is 4.32. The number of hydrogen-bond acceptors (Lipinski definition) is 3. The minimum atomic E-state index is -0.0505. The minimum Gasteiger partial charge on any atom is -0.379 e. The van der Waals surface area contributed by atoms with Crippen molar-refractivity contribution < 1.29 is 4.74 Å². The molecule has 1 atom stereocenters. The molecule has 1 heterocycles. The summed E-state index contributed by atoms with van der Waals surface area (Å²) < 4.78 is 7.54. The van der Waals surface area contributed by atoms with E-state index in [1.165, 1.54) is 12.8 Å². The summed E-state index contributed by atoms with van der Waals surface area (Å²) in [4.78, 5) is 0. The van der Waals surface area contributed by atoms with Gasteiger partial charge in [0.1, 0.15) is 0 Å². The first-order valence-electron chi connectivity index (χ1n) is 7.21. The molecule has 0 spiro atoms. The summed E-state index contributed by atoms with van der Waals surface area (Å²) in [6, 6.07) is 2.47. The van der Waals surface area contributed by atoms with Crippen LogP contribution in [0.3, 0.4) is 0 Å². The van der Waals surface area contributed by atoms with Gasteiger partial charge in [-0.1, -0.05) is 0 Å². The summed E-state index contributed by atoms with van der Waals surface area (Å²) in [6.45, 7) is 8.63. The minimum absolute atomic E-state index is 0.0505. The summed E-state index contributed by atoms with van der Waals surface area (Å²) in [5.41, 5.74) is 0.378. The van der Waals surface area contributed by atoms with Crippen LogP contribution in [0.15, 0.2) is 18.5 Å². The highest BCUT2D eigenvalue weighted by Crippen LogP contribution is 2.46. The zero-order valence-corrected chi connectivity index (χ0v) is 12.6. The van der Waals surface area contributed by atoms with E-state index in [1.807, 2.05) is 12.3 Å². The Morgan fingerprint density at radius 1 is 1.47 bits per heavy atom. The average molecular weight is 265 g/mol. The van der Waals surface area contributed by atoms with Crippen LogP contribution < -0.4 is 5.32 Å². The SMILES string of the molecule is COC(C)(C)C[C@H](C)NCC1(Cn2cccn2)CC1. The van der Waals surface area contributed by atoms with Crippen LogP contribution in [-0.2, 0) is 11.3 Å². The Kier molecular flexibility index (Phi) is 4.31. The van der Waals surface area contributed by atoms with Gasteiger partial charge in [0, 0.05) is 44.0 Å². The molecule has 0 saturated heterocycles. The van der Waals surface area contributed by atoms with Crippen LogP contribution in [0.25, 0.3) is 0 Å². The number of aromatic nitrogens is 2. The Balaban J connectivity index is 1.76. The Morgan fingerprint density at radius 2 is 2.21 bits per heavy atom. The molecule has 4 heteroatoms. The van der Waals surface area contributed by atoms with Gasteiger partial charge in [0.2, 0.25) is 0 Å². The molecule has 1 aliphatic carbocycles. The van der Waals surface area contributed by atoms with Crippen molar-refractivity contribution in [3.63, 3.8) is 0 Å². The number of nitrogens with one attached hydrogen (secondary N) is 1. The van der Waals surface area contributed by atoms with Crippen molar-refractivity contribution in [3.8, 4) is 0 Å². The van der Waals surface area contributed by atoms with Gasteiger partial charge in [-0.25, -0.2) is 0 Å². The fraction of sp³-hybridized carbons (Fsp3) is 0.800. The lowest BCUT2D eigenvalue weighted by molar-refractivity contribution is 0.00812. The molecule has 2 rings (SSSR count). The maximum Gasteiger partial charge on any atom is 0.0637 e. The first kappa shape index (κ1) is 14.5. The molecule has 1 saturated carbocycles. The summed E-state index contributed by atoms with van der Waals surface area (Å²) in [5, 5.41) is 7.98. The predicted octanol–water partition coefficient (Wildman–Crippen LogP) is 2.46. The molecular formula is C15H27N3O. The molecular weight excluding hydrogens is 238 g/mol. The van der Waals surface area contributed by atoms with Crippen LogP contribution in [0, 0.1) is 5.41 Å². The van der Waals surface area contributed by atoms with Crippen molar-refractivity contribution in [1.82, 2.24) is 15.1 Å². The smallest absolute Gasteiger partial charge is 0.0637 e. The molecule has 4 nitrogen and oxygen atoms in total. The molecule has 0 aromatic carbocycles. The molecule has 19 heavy (non-hydrogen) atoms. The number of rotatable bonds is 8. The molecule has 1 aromatic heterocycles. The van der Waals surface area contributed by atoms with Crippen molar-refractivity contribution >= 4 is 0 Å². The Bertz CT molecular complexity index is 382. The number of nitrogens with zero attached hydrogens (tertiary/aromatic N) is 2. The van der Waals surface area contributed by atoms with Gasteiger partial charge in [-0.05, 0) is 46.1 Å². The number of hydrogen-bond donors (Lipinski definition) is 1. The van der Waals surface area contributed by atoms with Crippen LogP contribution in [0.2, 0.25) is 0 Å². The summed E-state index contributed by atoms with van der Waals surface area (Å²) in [5.74, 6) is 0. The molecule has 0 amide bonds. The van der Waals surface area contributed by atoms with Gasteiger partial charge < -0.3 is 10.1 Å². The summed E-state index contributed by atoms with van der Waals surface area (Å²) in [7, 11) is 1.78. The van der Waals surface area contributed by atoms with E-state index in [9.17, 15) is 0 Å². The van der Waals surface area contributed by atoms with Crippen molar-refractivity contribution in [1.29, 1.82) is 0 Å². The third-order valence-electron chi connectivity index (χ3n) is 4.19. The second-order valence-corrected chi connectivity index (χ2v) is 6.65. The van der Waals surface area contributed by atoms with Gasteiger partial charge in [-0.15, -0.1) is 0 Å². The Hall–Kier alpha value is -0.870.